The molecule has 1 aromatic carbocycles. The second kappa shape index (κ2) is 8.84. The Kier molecular flexibility index (Phi) is 6.80. The molecule has 2 rings (SSSR count). The van der Waals surface area contributed by atoms with E-state index in [1.54, 1.807) is 21.3 Å². The first-order chi connectivity index (χ1) is 11.2. The second-order valence-corrected chi connectivity index (χ2v) is 5.82. The van der Waals surface area contributed by atoms with E-state index >= 15 is 0 Å². The van der Waals surface area contributed by atoms with Crippen molar-refractivity contribution in [2.45, 2.75) is 12.5 Å². The number of benzene rings is 1. The van der Waals surface area contributed by atoms with E-state index in [2.05, 4.69) is 20.5 Å². The number of methoxy groups -OCH3 is 2. The summed E-state index contributed by atoms with van der Waals surface area (Å²) < 4.78 is 10.5. The van der Waals surface area contributed by atoms with Gasteiger partial charge in [-0.25, -0.2) is 0 Å². The van der Waals surface area contributed by atoms with E-state index in [9.17, 15) is 0 Å². The van der Waals surface area contributed by atoms with Gasteiger partial charge in [0, 0.05) is 44.9 Å². The van der Waals surface area contributed by atoms with Gasteiger partial charge in [0.2, 0.25) is 0 Å². The molecular weight excluding hydrogens is 316 g/mol. The van der Waals surface area contributed by atoms with Gasteiger partial charge in [-0.2, -0.15) is 0 Å². The Morgan fingerprint density at radius 2 is 2.26 bits per heavy atom. The largest absolute Gasteiger partial charge is 0.495 e. The van der Waals surface area contributed by atoms with Crippen molar-refractivity contribution in [3.05, 3.63) is 23.2 Å². The summed E-state index contributed by atoms with van der Waals surface area (Å²) in [6.07, 6.45) is 1.03. The molecule has 0 spiro atoms. The molecule has 0 aromatic heterocycles. The lowest BCUT2D eigenvalue weighted by atomic mass is 10.2. The van der Waals surface area contributed by atoms with Gasteiger partial charge in [0.15, 0.2) is 5.96 Å². The molecule has 1 aliphatic heterocycles. The van der Waals surface area contributed by atoms with Crippen LogP contribution in [0.1, 0.15) is 6.42 Å². The molecule has 1 aliphatic rings. The predicted molar refractivity (Wildman–Crippen MR) is 95.0 cm³/mol. The predicted octanol–water partition coefficient (Wildman–Crippen LogP) is 1.74. The van der Waals surface area contributed by atoms with Gasteiger partial charge in [-0.1, -0.05) is 11.6 Å². The lowest BCUT2D eigenvalue weighted by Gasteiger charge is -2.22. The van der Waals surface area contributed by atoms with Crippen molar-refractivity contribution in [1.29, 1.82) is 0 Å². The van der Waals surface area contributed by atoms with Crippen LogP contribution in [0.2, 0.25) is 5.02 Å². The van der Waals surface area contributed by atoms with Crippen LogP contribution in [0.4, 0.5) is 5.69 Å². The van der Waals surface area contributed by atoms with Gasteiger partial charge >= 0.3 is 0 Å². The number of nitrogens with zero attached hydrogens (tertiary/aromatic N) is 2. The summed E-state index contributed by atoms with van der Waals surface area (Å²) in [5.74, 6) is 1.64. The summed E-state index contributed by atoms with van der Waals surface area (Å²) in [4.78, 5) is 6.53. The normalized spacial score (nSPS) is 18.2. The molecule has 0 saturated carbocycles. The maximum absolute atomic E-state index is 6.13. The molecule has 0 radical (unpaired) electrons. The number of anilines is 1. The van der Waals surface area contributed by atoms with Gasteiger partial charge in [0.25, 0.3) is 0 Å². The average molecular weight is 341 g/mol. The van der Waals surface area contributed by atoms with Crippen LogP contribution in [0.15, 0.2) is 23.2 Å². The van der Waals surface area contributed by atoms with Crippen molar-refractivity contribution in [2.75, 3.05) is 52.4 Å². The molecule has 0 bridgehead atoms. The highest BCUT2D eigenvalue weighted by Crippen LogP contribution is 2.33. The van der Waals surface area contributed by atoms with Crippen LogP contribution < -0.4 is 20.3 Å². The van der Waals surface area contributed by atoms with Gasteiger partial charge in [0.05, 0.1) is 19.4 Å². The van der Waals surface area contributed by atoms with Crippen LogP contribution in [0, 0.1) is 0 Å². The number of rotatable bonds is 6. The van der Waals surface area contributed by atoms with Crippen LogP contribution in [-0.2, 0) is 4.74 Å². The fraction of sp³-hybridized carbons (Fsp3) is 0.562. The third-order valence-electron chi connectivity index (χ3n) is 3.83. The number of ether oxygens (including phenoxy) is 2. The number of aliphatic imine (C=N–C) groups is 1. The fourth-order valence-corrected chi connectivity index (χ4v) is 2.83. The molecule has 1 saturated heterocycles. The molecule has 1 atom stereocenters. The molecule has 1 fully saturated rings. The molecule has 0 amide bonds. The summed E-state index contributed by atoms with van der Waals surface area (Å²) in [6.45, 7) is 3.21. The maximum atomic E-state index is 6.13. The number of guanidine groups is 1. The molecule has 6 nitrogen and oxygen atoms in total. The SMILES string of the molecule is CN=C(NCCOC)NC1CCN(c2cc(Cl)ccc2OC)C1. The first-order valence-corrected chi connectivity index (χ1v) is 8.10. The molecule has 1 heterocycles. The molecular formula is C16H25ClN4O2. The Bertz CT molecular complexity index is 539. The molecule has 0 aliphatic carbocycles. The van der Waals surface area contributed by atoms with Gasteiger partial charge in [0.1, 0.15) is 5.75 Å². The minimum Gasteiger partial charge on any atom is -0.495 e. The van der Waals surface area contributed by atoms with Crippen LogP contribution in [0.5, 0.6) is 5.75 Å². The quantitative estimate of drug-likeness (QED) is 0.469. The van der Waals surface area contributed by atoms with Gasteiger partial charge in [-0.3, -0.25) is 4.99 Å². The zero-order valence-corrected chi connectivity index (χ0v) is 14.7. The first-order valence-electron chi connectivity index (χ1n) is 7.72. The number of hydrogen-bond donors (Lipinski definition) is 2. The Morgan fingerprint density at radius 1 is 1.43 bits per heavy atom. The summed E-state index contributed by atoms with van der Waals surface area (Å²) in [5.41, 5.74) is 1.03. The van der Waals surface area contributed by atoms with Gasteiger partial charge in [-0.15, -0.1) is 0 Å². The smallest absolute Gasteiger partial charge is 0.191 e. The number of hydrogen-bond acceptors (Lipinski definition) is 4. The highest BCUT2D eigenvalue weighted by Gasteiger charge is 2.25. The van der Waals surface area contributed by atoms with Crippen molar-refractivity contribution < 1.29 is 9.47 Å². The fourth-order valence-electron chi connectivity index (χ4n) is 2.67. The van der Waals surface area contributed by atoms with E-state index in [0.29, 0.717) is 17.7 Å². The van der Waals surface area contributed by atoms with Crippen LogP contribution >= 0.6 is 11.6 Å². The van der Waals surface area contributed by atoms with Gasteiger partial charge in [-0.05, 0) is 24.6 Å². The Labute approximate surface area is 142 Å². The Hall–Kier alpha value is -1.66. The average Bonchev–Trinajstić information content (AvgIpc) is 3.02. The van der Waals surface area contributed by atoms with E-state index in [1.165, 1.54) is 0 Å². The highest BCUT2D eigenvalue weighted by molar-refractivity contribution is 6.30. The second-order valence-electron chi connectivity index (χ2n) is 5.38. The summed E-state index contributed by atoms with van der Waals surface area (Å²) >= 11 is 6.13. The van der Waals surface area contributed by atoms with Crippen molar-refractivity contribution in [2.24, 2.45) is 4.99 Å². The van der Waals surface area contributed by atoms with E-state index < -0.39 is 0 Å². The molecule has 1 unspecified atom stereocenters. The minimum atomic E-state index is 0.326. The molecule has 1 aromatic rings. The van der Waals surface area contributed by atoms with E-state index in [1.807, 2.05) is 18.2 Å². The van der Waals surface area contributed by atoms with Crippen LogP contribution in [-0.4, -0.2) is 59.5 Å². The van der Waals surface area contributed by atoms with Crippen molar-refractivity contribution >= 4 is 23.2 Å². The van der Waals surface area contributed by atoms with Crippen molar-refractivity contribution in [3.8, 4) is 5.75 Å². The van der Waals surface area contributed by atoms with Crippen molar-refractivity contribution in [1.82, 2.24) is 10.6 Å². The third-order valence-corrected chi connectivity index (χ3v) is 4.07. The lowest BCUT2D eigenvalue weighted by molar-refractivity contribution is 0.203. The summed E-state index contributed by atoms with van der Waals surface area (Å²) in [7, 11) is 5.14. The maximum Gasteiger partial charge on any atom is 0.191 e. The van der Waals surface area contributed by atoms with Crippen molar-refractivity contribution in [3.63, 3.8) is 0 Å². The lowest BCUT2D eigenvalue weighted by Crippen LogP contribution is -2.45. The molecule has 7 heteroatoms. The van der Waals surface area contributed by atoms with Crippen LogP contribution in [0.3, 0.4) is 0 Å². The van der Waals surface area contributed by atoms with E-state index in [0.717, 1.165) is 43.5 Å². The minimum absolute atomic E-state index is 0.326. The Morgan fingerprint density at radius 3 is 2.96 bits per heavy atom. The first kappa shape index (κ1) is 17.7. The summed E-state index contributed by atoms with van der Waals surface area (Å²) in [5, 5.41) is 7.39. The number of nitrogens with one attached hydrogen (secondary N) is 2. The summed E-state index contributed by atoms with van der Waals surface area (Å²) in [6, 6.07) is 6.03. The zero-order chi connectivity index (χ0) is 16.7. The monoisotopic (exact) mass is 340 g/mol. The molecule has 2 N–H and O–H groups in total. The molecule has 23 heavy (non-hydrogen) atoms. The topological polar surface area (TPSA) is 58.1 Å². The zero-order valence-electron chi connectivity index (χ0n) is 13.9. The van der Waals surface area contributed by atoms with E-state index in [4.69, 9.17) is 21.1 Å². The highest BCUT2D eigenvalue weighted by atomic mass is 35.5. The molecule has 128 valence electrons. The third kappa shape index (κ3) is 4.91. The van der Waals surface area contributed by atoms with Gasteiger partial charge < -0.3 is 25.0 Å². The number of halogens is 1. The standard InChI is InChI=1S/C16H25ClN4O2/c1-18-16(19-7-9-22-2)20-13-6-8-21(11-13)14-10-12(17)4-5-15(14)23-3/h4-5,10,13H,6-9,11H2,1-3H3,(H2,18,19,20). The van der Waals surface area contributed by atoms with Crippen LogP contribution in [0.25, 0.3) is 0 Å². The Balaban J connectivity index is 1.94. The van der Waals surface area contributed by atoms with E-state index in [-0.39, 0.29) is 0 Å².